The largest absolute Gasteiger partial charge is 0.402 e. The van der Waals surface area contributed by atoms with Crippen molar-refractivity contribution >= 4 is 15.9 Å². The molecule has 0 N–H and O–H groups in total. The lowest BCUT2D eigenvalue weighted by Crippen LogP contribution is -2.44. The number of alkyl halides is 4. The van der Waals surface area contributed by atoms with Crippen molar-refractivity contribution in [3.05, 3.63) is 0 Å². The number of likely N-dealkylation sites (N-methyl/N-ethyl adjacent to an activating group) is 1. The molecular weight excluding hydrogens is 285 g/mol. The lowest BCUT2D eigenvalue weighted by Gasteiger charge is -2.30. The zero-order valence-corrected chi connectivity index (χ0v) is 11.2. The van der Waals surface area contributed by atoms with E-state index in [0.717, 1.165) is 26.1 Å². The van der Waals surface area contributed by atoms with Crippen LogP contribution in [0.5, 0.6) is 0 Å². The maximum Gasteiger partial charge on any atom is 0.402 e. The number of halogens is 4. The van der Waals surface area contributed by atoms with Gasteiger partial charge in [0.15, 0.2) is 0 Å². The molecule has 2 unspecified atom stereocenters. The van der Waals surface area contributed by atoms with E-state index in [9.17, 15) is 13.2 Å². The van der Waals surface area contributed by atoms with Crippen LogP contribution in [0.15, 0.2) is 0 Å². The number of nitrogens with zero attached hydrogens (tertiary/aromatic N) is 2. The molecule has 2 nitrogen and oxygen atoms in total. The van der Waals surface area contributed by atoms with E-state index in [0.29, 0.717) is 0 Å². The summed E-state index contributed by atoms with van der Waals surface area (Å²) in [5, 5.41) is 0. The average molecular weight is 303 g/mol. The highest BCUT2D eigenvalue weighted by Gasteiger charge is 2.39. The maximum atomic E-state index is 12.4. The molecule has 0 spiro atoms. The molecule has 0 aliphatic carbocycles. The van der Waals surface area contributed by atoms with Gasteiger partial charge in [-0.2, -0.15) is 13.2 Å². The molecule has 0 aromatic rings. The zero-order chi connectivity index (χ0) is 12.3. The van der Waals surface area contributed by atoms with Crippen molar-refractivity contribution in [1.29, 1.82) is 0 Å². The van der Waals surface area contributed by atoms with Gasteiger partial charge in [0.1, 0.15) is 4.83 Å². The Hall–Kier alpha value is 0.190. The third kappa shape index (κ3) is 4.22. The Balaban J connectivity index is 2.52. The summed E-state index contributed by atoms with van der Waals surface area (Å²) in [5.41, 5.74) is 0. The fourth-order valence-corrected chi connectivity index (χ4v) is 2.37. The van der Waals surface area contributed by atoms with E-state index in [-0.39, 0.29) is 12.6 Å². The second kappa shape index (κ2) is 5.69. The van der Waals surface area contributed by atoms with Crippen LogP contribution in [0.4, 0.5) is 13.2 Å². The quantitative estimate of drug-likeness (QED) is 0.723. The van der Waals surface area contributed by atoms with Gasteiger partial charge in [-0.05, 0) is 33.5 Å². The lowest BCUT2D eigenvalue weighted by molar-refractivity contribution is -0.131. The van der Waals surface area contributed by atoms with Gasteiger partial charge < -0.3 is 4.90 Å². The topological polar surface area (TPSA) is 6.48 Å². The van der Waals surface area contributed by atoms with Crippen molar-refractivity contribution < 1.29 is 13.2 Å². The summed E-state index contributed by atoms with van der Waals surface area (Å²) in [6.45, 7) is 4.55. The minimum atomic E-state index is -4.15. The Morgan fingerprint density at radius 2 is 2.00 bits per heavy atom. The molecule has 16 heavy (non-hydrogen) atoms. The minimum absolute atomic E-state index is 0.0402. The van der Waals surface area contributed by atoms with Gasteiger partial charge >= 0.3 is 6.18 Å². The summed E-state index contributed by atoms with van der Waals surface area (Å²) in [7, 11) is 2.01. The van der Waals surface area contributed by atoms with Crippen LogP contribution in [0.3, 0.4) is 0 Å². The molecule has 0 aromatic carbocycles. The molecule has 1 aliphatic heterocycles. The highest BCUT2D eigenvalue weighted by Crippen LogP contribution is 2.27. The fourth-order valence-electron chi connectivity index (χ4n) is 2.00. The Bertz CT molecular complexity index is 223. The standard InChI is InChI=1S/C10H18BrF3N2/c1-8-6-15(2)4-3-5-16(8)7-9(11)10(12,13)14/h8-9H,3-7H2,1-2H3. The van der Waals surface area contributed by atoms with E-state index < -0.39 is 11.0 Å². The van der Waals surface area contributed by atoms with E-state index in [2.05, 4.69) is 20.8 Å². The van der Waals surface area contributed by atoms with Crippen LogP contribution in [0.2, 0.25) is 0 Å². The molecule has 96 valence electrons. The Morgan fingerprint density at radius 3 is 2.56 bits per heavy atom. The van der Waals surface area contributed by atoms with E-state index in [4.69, 9.17) is 0 Å². The third-order valence-electron chi connectivity index (χ3n) is 2.93. The maximum absolute atomic E-state index is 12.4. The molecule has 0 radical (unpaired) electrons. The van der Waals surface area contributed by atoms with Crippen molar-refractivity contribution in [3.8, 4) is 0 Å². The summed E-state index contributed by atoms with van der Waals surface area (Å²) in [4.78, 5) is 2.66. The molecule has 0 aromatic heterocycles. The monoisotopic (exact) mass is 302 g/mol. The third-order valence-corrected chi connectivity index (χ3v) is 3.74. The molecule has 1 fully saturated rings. The first-order valence-electron chi connectivity index (χ1n) is 5.44. The summed E-state index contributed by atoms with van der Waals surface area (Å²) >= 11 is 2.72. The number of hydrogen-bond donors (Lipinski definition) is 0. The Labute approximate surface area is 103 Å². The van der Waals surface area contributed by atoms with Crippen LogP contribution in [-0.4, -0.2) is 60.1 Å². The van der Waals surface area contributed by atoms with E-state index >= 15 is 0 Å². The SMILES string of the molecule is CC1CN(C)CCCN1CC(Br)C(F)(F)F. The first kappa shape index (κ1) is 14.3. The van der Waals surface area contributed by atoms with Crippen molar-refractivity contribution in [2.45, 2.75) is 30.4 Å². The molecule has 1 saturated heterocycles. The Morgan fingerprint density at radius 1 is 1.38 bits per heavy atom. The summed E-state index contributed by atoms with van der Waals surface area (Å²) in [6.07, 6.45) is -3.23. The molecule has 1 aliphatic rings. The van der Waals surface area contributed by atoms with Gasteiger partial charge in [-0.25, -0.2) is 0 Å². The average Bonchev–Trinajstić information content (AvgIpc) is 2.27. The summed E-state index contributed by atoms with van der Waals surface area (Å²) in [5.74, 6) is 0. The van der Waals surface area contributed by atoms with Crippen LogP contribution < -0.4 is 0 Å². The summed E-state index contributed by atoms with van der Waals surface area (Å²) < 4.78 is 37.3. The van der Waals surface area contributed by atoms with E-state index in [1.165, 1.54) is 0 Å². The Kier molecular flexibility index (Phi) is 5.07. The smallest absolute Gasteiger partial charge is 0.305 e. The van der Waals surface area contributed by atoms with Gasteiger partial charge in [-0.1, -0.05) is 15.9 Å². The van der Waals surface area contributed by atoms with Crippen LogP contribution >= 0.6 is 15.9 Å². The van der Waals surface area contributed by atoms with Crippen molar-refractivity contribution in [2.24, 2.45) is 0 Å². The van der Waals surface area contributed by atoms with Crippen LogP contribution in [0.25, 0.3) is 0 Å². The van der Waals surface area contributed by atoms with Crippen LogP contribution in [0, 0.1) is 0 Å². The van der Waals surface area contributed by atoms with Crippen molar-refractivity contribution in [3.63, 3.8) is 0 Å². The summed E-state index contributed by atoms with van der Waals surface area (Å²) in [6, 6.07) is 0.176. The molecule has 2 atom stereocenters. The van der Waals surface area contributed by atoms with Crippen LogP contribution in [-0.2, 0) is 0 Å². The second-order valence-corrected chi connectivity index (χ2v) is 5.57. The van der Waals surface area contributed by atoms with Gasteiger partial charge in [-0.3, -0.25) is 4.90 Å². The number of hydrogen-bond acceptors (Lipinski definition) is 2. The molecule has 1 heterocycles. The van der Waals surface area contributed by atoms with Gasteiger partial charge in [0.25, 0.3) is 0 Å². The zero-order valence-electron chi connectivity index (χ0n) is 9.60. The molecule has 1 rings (SSSR count). The van der Waals surface area contributed by atoms with Crippen LogP contribution in [0.1, 0.15) is 13.3 Å². The fraction of sp³-hybridized carbons (Fsp3) is 1.00. The first-order valence-corrected chi connectivity index (χ1v) is 6.35. The van der Waals surface area contributed by atoms with Gasteiger partial charge in [-0.15, -0.1) is 0 Å². The molecule has 0 bridgehead atoms. The highest BCUT2D eigenvalue weighted by molar-refractivity contribution is 9.09. The predicted molar refractivity (Wildman–Crippen MR) is 61.9 cm³/mol. The number of rotatable bonds is 2. The van der Waals surface area contributed by atoms with Gasteiger partial charge in [0, 0.05) is 19.1 Å². The molecule has 0 amide bonds. The normalized spacial score (nSPS) is 27.8. The molecule has 0 saturated carbocycles. The van der Waals surface area contributed by atoms with Crippen molar-refractivity contribution in [2.75, 3.05) is 33.2 Å². The predicted octanol–water partition coefficient (Wildman–Crippen LogP) is 2.34. The van der Waals surface area contributed by atoms with Crippen molar-refractivity contribution in [1.82, 2.24) is 9.80 Å². The second-order valence-electron chi connectivity index (χ2n) is 4.47. The highest BCUT2D eigenvalue weighted by atomic mass is 79.9. The van der Waals surface area contributed by atoms with Gasteiger partial charge in [0.2, 0.25) is 0 Å². The molecule has 6 heteroatoms. The van der Waals surface area contributed by atoms with E-state index in [1.54, 1.807) is 0 Å². The minimum Gasteiger partial charge on any atom is -0.305 e. The first-order chi connectivity index (χ1) is 7.30. The van der Waals surface area contributed by atoms with Gasteiger partial charge in [0.05, 0.1) is 0 Å². The van der Waals surface area contributed by atoms with E-state index in [1.807, 2.05) is 18.9 Å². The lowest BCUT2D eigenvalue weighted by atomic mass is 10.2. The molecular formula is C10H18BrF3N2.